The van der Waals surface area contributed by atoms with Gasteiger partial charge in [-0.3, -0.25) is 14.7 Å². The van der Waals surface area contributed by atoms with Gasteiger partial charge in [0.15, 0.2) is 0 Å². The van der Waals surface area contributed by atoms with Gasteiger partial charge in [-0.15, -0.1) is 0 Å². The number of carbonyl (C=O) groups is 2. The lowest BCUT2D eigenvalue weighted by Crippen LogP contribution is -2.40. The molecule has 1 aromatic carbocycles. The number of aliphatic hydroxyl groups excluding tert-OH is 1. The molecule has 0 radical (unpaired) electrons. The molecule has 0 unspecified atom stereocenters. The van der Waals surface area contributed by atoms with Gasteiger partial charge in [0.25, 0.3) is 5.91 Å². The highest BCUT2D eigenvalue weighted by molar-refractivity contribution is 5.96. The molecule has 28 heavy (non-hydrogen) atoms. The average molecular weight is 388 g/mol. The highest BCUT2D eigenvalue weighted by Crippen LogP contribution is 2.27. The molecule has 2 amide bonds. The molecule has 1 fully saturated rings. The van der Waals surface area contributed by atoms with Crippen molar-refractivity contribution >= 4 is 11.8 Å². The van der Waals surface area contributed by atoms with E-state index >= 15 is 0 Å². The van der Waals surface area contributed by atoms with E-state index in [2.05, 4.69) is 20.8 Å². The number of halogens is 1. The molecule has 1 heterocycles. The number of hydrogen-bond donors (Lipinski definition) is 4. The number of carbonyl (C=O) groups excluding carboxylic acids is 2. The molecule has 1 aromatic heterocycles. The quantitative estimate of drug-likeness (QED) is 0.625. The highest BCUT2D eigenvalue weighted by Gasteiger charge is 2.38. The van der Waals surface area contributed by atoms with Gasteiger partial charge < -0.3 is 15.7 Å². The fraction of sp³-hybridized carbons (Fsp3) is 0.450. The van der Waals surface area contributed by atoms with E-state index in [0.717, 1.165) is 17.0 Å². The first kappa shape index (κ1) is 20.0. The second-order valence-electron chi connectivity index (χ2n) is 7.41. The fourth-order valence-electron chi connectivity index (χ4n) is 3.62. The first-order valence-electron chi connectivity index (χ1n) is 9.29. The van der Waals surface area contributed by atoms with Crippen LogP contribution in [-0.2, 0) is 11.3 Å². The number of rotatable bonds is 5. The van der Waals surface area contributed by atoms with Crippen LogP contribution in [0.1, 0.15) is 45.7 Å². The van der Waals surface area contributed by atoms with Crippen LogP contribution in [0.3, 0.4) is 0 Å². The standard InChI is InChI=1S/C20H25FN4O3/c1-10-4-5-14(21)8-15(10)20(28)23-17-6-13(7-18(17)26)19(27)22-9-16-11(2)24-25-12(16)3/h4-5,8,13,17-18,26H,6-7,9H2,1-3H3,(H,22,27)(H,23,28)(H,24,25)/t13-,17+,18+/m0/s1. The Hall–Kier alpha value is -2.74. The van der Waals surface area contributed by atoms with Gasteiger partial charge in [-0.25, -0.2) is 4.39 Å². The minimum atomic E-state index is -0.828. The number of aliphatic hydroxyl groups is 1. The minimum Gasteiger partial charge on any atom is -0.391 e. The minimum absolute atomic E-state index is 0.169. The predicted octanol–water partition coefficient (Wildman–Crippen LogP) is 1.66. The monoisotopic (exact) mass is 388 g/mol. The molecule has 0 bridgehead atoms. The zero-order valence-electron chi connectivity index (χ0n) is 16.2. The highest BCUT2D eigenvalue weighted by atomic mass is 19.1. The summed E-state index contributed by atoms with van der Waals surface area (Å²) in [7, 11) is 0. The van der Waals surface area contributed by atoms with Crippen LogP contribution in [0.15, 0.2) is 18.2 Å². The molecular formula is C20H25FN4O3. The van der Waals surface area contributed by atoms with Gasteiger partial charge >= 0.3 is 0 Å². The maximum atomic E-state index is 13.4. The molecule has 3 rings (SSSR count). The summed E-state index contributed by atoms with van der Waals surface area (Å²) in [5, 5.41) is 22.9. The molecule has 2 aromatic rings. The molecule has 1 saturated carbocycles. The Morgan fingerprint density at radius 1 is 1.29 bits per heavy atom. The van der Waals surface area contributed by atoms with Crippen molar-refractivity contribution in [2.24, 2.45) is 5.92 Å². The lowest BCUT2D eigenvalue weighted by atomic mass is 10.1. The van der Waals surface area contributed by atoms with Crippen molar-refractivity contribution in [2.75, 3.05) is 0 Å². The molecule has 0 aliphatic heterocycles. The van der Waals surface area contributed by atoms with Gasteiger partial charge in [-0.1, -0.05) is 6.07 Å². The summed E-state index contributed by atoms with van der Waals surface area (Å²) < 4.78 is 13.4. The first-order chi connectivity index (χ1) is 13.3. The first-order valence-corrected chi connectivity index (χ1v) is 9.29. The van der Waals surface area contributed by atoms with E-state index in [1.807, 2.05) is 13.8 Å². The van der Waals surface area contributed by atoms with Crippen LogP contribution < -0.4 is 10.6 Å². The second kappa shape index (κ2) is 8.10. The molecule has 0 spiro atoms. The van der Waals surface area contributed by atoms with E-state index in [-0.39, 0.29) is 17.9 Å². The van der Waals surface area contributed by atoms with Gasteiger partial charge in [-0.2, -0.15) is 5.10 Å². The molecule has 1 aliphatic rings. The zero-order chi connectivity index (χ0) is 20.4. The molecule has 8 heteroatoms. The summed E-state index contributed by atoms with van der Waals surface area (Å²) in [6.45, 7) is 5.83. The van der Waals surface area contributed by atoms with Gasteiger partial charge in [0.1, 0.15) is 5.82 Å². The van der Waals surface area contributed by atoms with Crippen LogP contribution in [0.2, 0.25) is 0 Å². The largest absolute Gasteiger partial charge is 0.391 e. The molecule has 3 atom stereocenters. The van der Waals surface area contributed by atoms with Crippen molar-refractivity contribution in [3.05, 3.63) is 52.1 Å². The Morgan fingerprint density at radius 3 is 2.71 bits per heavy atom. The average Bonchev–Trinajstić information content (AvgIpc) is 3.17. The topological polar surface area (TPSA) is 107 Å². The number of nitrogens with zero attached hydrogens (tertiary/aromatic N) is 1. The molecule has 7 nitrogen and oxygen atoms in total. The zero-order valence-corrected chi connectivity index (χ0v) is 16.2. The smallest absolute Gasteiger partial charge is 0.251 e. The Kier molecular flexibility index (Phi) is 5.79. The molecule has 0 saturated heterocycles. The van der Waals surface area contributed by atoms with Gasteiger partial charge in [-0.05, 0) is 51.3 Å². The van der Waals surface area contributed by atoms with Gasteiger partial charge in [0, 0.05) is 29.3 Å². The van der Waals surface area contributed by atoms with Gasteiger partial charge in [0.05, 0.1) is 17.8 Å². The third-order valence-electron chi connectivity index (χ3n) is 5.38. The van der Waals surface area contributed by atoms with Crippen LogP contribution in [-0.4, -0.2) is 39.3 Å². The SMILES string of the molecule is Cc1ccc(F)cc1C(=O)N[C@@H]1C[C@H](C(=O)NCc2c(C)n[nH]c2C)C[C@H]1O. The van der Waals surface area contributed by atoms with Crippen LogP contribution in [0, 0.1) is 32.5 Å². The second-order valence-corrected chi connectivity index (χ2v) is 7.41. The summed E-state index contributed by atoms with van der Waals surface area (Å²) in [5.74, 6) is -1.52. The maximum Gasteiger partial charge on any atom is 0.251 e. The van der Waals surface area contributed by atoms with Crippen LogP contribution in [0.4, 0.5) is 4.39 Å². The van der Waals surface area contributed by atoms with Crippen LogP contribution >= 0.6 is 0 Å². The number of nitrogens with one attached hydrogen (secondary N) is 3. The van der Waals surface area contributed by atoms with Crippen LogP contribution in [0.25, 0.3) is 0 Å². The summed E-state index contributed by atoms with van der Waals surface area (Å²) in [6, 6.07) is 3.45. The third-order valence-corrected chi connectivity index (χ3v) is 5.38. The Bertz CT molecular complexity index is 876. The lowest BCUT2D eigenvalue weighted by molar-refractivity contribution is -0.125. The maximum absolute atomic E-state index is 13.4. The molecule has 1 aliphatic carbocycles. The number of aromatic nitrogens is 2. The van der Waals surface area contributed by atoms with E-state index < -0.39 is 29.8 Å². The number of H-pyrrole nitrogens is 1. The molecular weight excluding hydrogens is 363 g/mol. The van der Waals surface area contributed by atoms with Crippen molar-refractivity contribution < 1.29 is 19.1 Å². The normalized spacial score (nSPS) is 21.5. The Labute approximate surface area is 162 Å². The number of amides is 2. The summed E-state index contributed by atoms with van der Waals surface area (Å²) >= 11 is 0. The van der Waals surface area contributed by atoms with Crippen molar-refractivity contribution in [3.8, 4) is 0 Å². The van der Waals surface area contributed by atoms with Crippen molar-refractivity contribution in [1.82, 2.24) is 20.8 Å². The predicted molar refractivity (Wildman–Crippen MR) is 101 cm³/mol. The van der Waals surface area contributed by atoms with Crippen molar-refractivity contribution in [2.45, 2.75) is 52.3 Å². The van der Waals surface area contributed by atoms with Gasteiger partial charge in [0.2, 0.25) is 5.91 Å². The number of aromatic amines is 1. The lowest BCUT2D eigenvalue weighted by Gasteiger charge is -2.17. The number of aryl methyl sites for hydroxylation is 3. The summed E-state index contributed by atoms with van der Waals surface area (Å²) in [4.78, 5) is 24.9. The molecule has 4 N–H and O–H groups in total. The Balaban J connectivity index is 1.58. The van der Waals surface area contributed by atoms with Crippen molar-refractivity contribution in [3.63, 3.8) is 0 Å². The van der Waals surface area contributed by atoms with E-state index in [1.54, 1.807) is 6.92 Å². The summed E-state index contributed by atoms with van der Waals surface area (Å²) in [5.41, 5.74) is 3.55. The van der Waals surface area contributed by atoms with E-state index in [0.29, 0.717) is 18.5 Å². The number of hydrogen-bond acceptors (Lipinski definition) is 4. The summed E-state index contributed by atoms with van der Waals surface area (Å²) in [6.07, 6.45) is -0.232. The molecule has 150 valence electrons. The third kappa shape index (κ3) is 4.22. The van der Waals surface area contributed by atoms with E-state index in [4.69, 9.17) is 0 Å². The fourth-order valence-corrected chi connectivity index (χ4v) is 3.62. The Morgan fingerprint density at radius 2 is 2.04 bits per heavy atom. The van der Waals surface area contributed by atoms with Crippen molar-refractivity contribution in [1.29, 1.82) is 0 Å². The van der Waals surface area contributed by atoms with E-state index in [9.17, 15) is 19.1 Å². The van der Waals surface area contributed by atoms with E-state index in [1.165, 1.54) is 18.2 Å². The number of benzene rings is 1. The van der Waals surface area contributed by atoms with Crippen LogP contribution in [0.5, 0.6) is 0 Å².